The first-order valence-corrected chi connectivity index (χ1v) is 12.1. The topological polar surface area (TPSA) is 103 Å². The monoisotopic (exact) mass is 529 g/mol. The number of benzene rings is 1. The van der Waals surface area contributed by atoms with E-state index in [2.05, 4.69) is 35.2 Å². The van der Waals surface area contributed by atoms with Crippen LogP contribution >= 0.6 is 0 Å². The van der Waals surface area contributed by atoms with Crippen LogP contribution in [0, 0.1) is 6.92 Å². The third kappa shape index (κ3) is 6.66. The van der Waals surface area contributed by atoms with Crippen LogP contribution in [0.25, 0.3) is 23.0 Å². The molecule has 38 heavy (non-hydrogen) atoms. The second-order valence-electron chi connectivity index (χ2n) is 8.75. The lowest BCUT2D eigenvalue weighted by Gasteiger charge is -2.26. The number of rotatable bonds is 9. The number of ether oxygens (including phenoxy) is 2. The molecule has 0 aliphatic carbocycles. The number of hydrogen-bond donors (Lipinski definition) is 1. The molecule has 0 amide bonds. The molecule has 0 bridgehead atoms. The second kappa shape index (κ2) is 11.2. The maximum absolute atomic E-state index is 12.4. The Balaban J connectivity index is 1.21. The molecule has 4 aromatic rings. The molecule has 1 aliphatic heterocycles. The van der Waals surface area contributed by atoms with Gasteiger partial charge in [0.1, 0.15) is 11.6 Å². The van der Waals surface area contributed by atoms with Crippen molar-refractivity contribution in [3.63, 3.8) is 0 Å². The van der Waals surface area contributed by atoms with Crippen LogP contribution in [0.2, 0.25) is 0 Å². The van der Waals surface area contributed by atoms with E-state index in [4.69, 9.17) is 9.26 Å². The van der Waals surface area contributed by atoms with Gasteiger partial charge in [-0.15, -0.1) is 13.2 Å². The Bertz CT molecular complexity index is 1350. The van der Waals surface area contributed by atoms with Gasteiger partial charge in [-0.25, -0.2) is 4.98 Å². The van der Waals surface area contributed by atoms with E-state index < -0.39 is 6.36 Å². The highest BCUT2D eigenvalue weighted by atomic mass is 19.4. The summed E-state index contributed by atoms with van der Waals surface area (Å²) in [5.41, 5.74) is 2.90. The first kappa shape index (κ1) is 25.7. The average Bonchev–Trinajstić information content (AvgIpc) is 3.52. The molecule has 0 spiro atoms. The van der Waals surface area contributed by atoms with E-state index in [0.29, 0.717) is 17.8 Å². The zero-order valence-electron chi connectivity index (χ0n) is 20.6. The van der Waals surface area contributed by atoms with Crippen LogP contribution in [0.5, 0.6) is 5.75 Å². The molecule has 1 aliphatic rings. The van der Waals surface area contributed by atoms with Crippen molar-refractivity contribution in [2.24, 2.45) is 0 Å². The third-order valence-electron chi connectivity index (χ3n) is 5.97. The number of morpholine rings is 1. The molecule has 10 nitrogen and oxygen atoms in total. The van der Waals surface area contributed by atoms with Gasteiger partial charge in [0, 0.05) is 43.6 Å². The molecular formula is C25H26F3N7O3. The minimum atomic E-state index is -4.76. The van der Waals surface area contributed by atoms with Gasteiger partial charge in [-0.2, -0.15) is 10.1 Å². The standard InChI is InChI=1S/C25H26F3N7O3/c1-17-14-21(24-31-23(33-38-24)19-2-4-20(5-3-19)37-25(26,27)28)32-35(17)16-18-6-7-29-22(15-18)30-8-9-34-10-12-36-13-11-34/h2-7,14-15H,8-13,16H2,1H3,(H,29,30). The Morgan fingerprint density at radius 1 is 1.08 bits per heavy atom. The number of nitrogens with one attached hydrogen (secondary N) is 1. The second-order valence-corrected chi connectivity index (χ2v) is 8.75. The molecule has 5 rings (SSSR count). The minimum absolute atomic E-state index is 0.206. The fraction of sp³-hybridized carbons (Fsp3) is 0.360. The van der Waals surface area contributed by atoms with Crippen molar-refractivity contribution in [1.29, 1.82) is 0 Å². The van der Waals surface area contributed by atoms with E-state index >= 15 is 0 Å². The van der Waals surface area contributed by atoms with E-state index in [1.54, 1.807) is 6.20 Å². The fourth-order valence-electron chi connectivity index (χ4n) is 4.03. The van der Waals surface area contributed by atoms with Crippen LogP contribution in [-0.2, 0) is 11.3 Å². The van der Waals surface area contributed by atoms with Crippen molar-refractivity contribution in [1.82, 2.24) is 29.8 Å². The first-order valence-electron chi connectivity index (χ1n) is 12.1. The molecule has 3 aromatic heterocycles. The van der Waals surface area contributed by atoms with Gasteiger partial charge in [-0.05, 0) is 55.0 Å². The number of pyridine rings is 1. The van der Waals surface area contributed by atoms with E-state index in [1.165, 1.54) is 24.3 Å². The van der Waals surface area contributed by atoms with Crippen LogP contribution in [-0.4, -0.2) is 75.6 Å². The predicted octanol–water partition coefficient (Wildman–Crippen LogP) is 3.99. The molecule has 1 aromatic carbocycles. The lowest BCUT2D eigenvalue weighted by Crippen LogP contribution is -2.39. The molecular weight excluding hydrogens is 503 g/mol. The summed E-state index contributed by atoms with van der Waals surface area (Å²) in [6.45, 7) is 7.61. The van der Waals surface area contributed by atoms with Crippen LogP contribution in [0.4, 0.5) is 19.0 Å². The lowest BCUT2D eigenvalue weighted by atomic mass is 10.2. The molecule has 1 N–H and O–H groups in total. The van der Waals surface area contributed by atoms with Gasteiger partial charge in [0.05, 0.1) is 19.8 Å². The Labute approximate surface area is 216 Å². The molecule has 0 radical (unpaired) electrons. The summed E-state index contributed by atoms with van der Waals surface area (Å²) in [5.74, 6) is 0.908. The lowest BCUT2D eigenvalue weighted by molar-refractivity contribution is -0.274. The maximum Gasteiger partial charge on any atom is 0.573 e. The summed E-state index contributed by atoms with van der Waals surface area (Å²) >= 11 is 0. The van der Waals surface area contributed by atoms with Crippen molar-refractivity contribution >= 4 is 5.82 Å². The Morgan fingerprint density at radius 3 is 2.63 bits per heavy atom. The van der Waals surface area contributed by atoms with Crippen molar-refractivity contribution in [3.8, 4) is 28.7 Å². The molecule has 0 unspecified atom stereocenters. The molecule has 0 atom stereocenters. The molecule has 200 valence electrons. The molecule has 1 saturated heterocycles. The number of aromatic nitrogens is 5. The smallest absolute Gasteiger partial charge is 0.406 e. The fourth-order valence-corrected chi connectivity index (χ4v) is 4.03. The molecule has 0 saturated carbocycles. The van der Waals surface area contributed by atoms with Crippen molar-refractivity contribution in [2.45, 2.75) is 19.8 Å². The van der Waals surface area contributed by atoms with Gasteiger partial charge in [0.2, 0.25) is 5.82 Å². The summed E-state index contributed by atoms with van der Waals surface area (Å²) in [6, 6.07) is 11.0. The largest absolute Gasteiger partial charge is 0.573 e. The highest BCUT2D eigenvalue weighted by Gasteiger charge is 2.31. The van der Waals surface area contributed by atoms with E-state index in [0.717, 1.165) is 56.5 Å². The summed E-state index contributed by atoms with van der Waals surface area (Å²) in [5, 5.41) is 11.9. The average molecular weight is 530 g/mol. The number of anilines is 1. The molecule has 4 heterocycles. The van der Waals surface area contributed by atoms with Gasteiger partial charge < -0.3 is 19.3 Å². The van der Waals surface area contributed by atoms with Crippen molar-refractivity contribution in [2.75, 3.05) is 44.7 Å². The Hall–Kier alpha value is -3.97. The van der Waals surface area contributed by atoms with Crippen molar-refractivity contribution < 1.29 is 27.2 Å². The SMILES string of the molecule is Cc1cc(-c2nc(-c3ccc(OC(F)(F)F)cc3)no2)nn1Cc1ccnc(NCCN2CCOCC2)c1. The number of hydrogen-bond acceptors (Lipinski definition) is 9. The van der Waals surface area contributed by atoms with E-state index in [-0.39, 0.29) is 17.5 Å². The summed E-state index contributed by atoms with van der Waals surface area (Å²) in [7, 11) is 0. The van der Waals surface area contributed by atoms with Gasteiger partial charge in [-0.3, -0.25) is 9.58 Å². The highest BCUT2D eigenvalue weighted by Crippen LogP contribution is 2.27. The normalized spacial score (nSPS) is 14.5. The summed E-state index contributed by atoms with van der Waals surface area (Å²) in [4.78, 5) is 11.1. The minimum Gasteiger partial charge on any atom is -0.406 e. The van der Waals surface area contributed by atoms with Crippen LogP contribution in [0.1, 0.15) is 11.3 Å². The van der Waals surface area contributed by atoms with Gasteiger partial charge >= 0.3 is 6.36 Å². The first-order chi connectivity index (χ1) is 18.3. The number of aryl methyl sites for hydroxylation is 1. The number of halogens is 3. The Morgan fingerprint density at radius 2 is 1.87 bits per heavy atom. The summed E-state index contributed by atoms with van der Waals surface area (Å²) < 4.78 is 53.6. The van der Waals surface area contributed by atoms with Gasteiger partial charge in [0.25, 0.3) is 5.89 Å². The Kier molecular flexibility index (Phi) is 7.56. The van der Waals surface area contributed by atoms with E-state index in [1.807, 2.05) is 29.8 Å². The van der Waals surface area contributed by atoms with Gasteiger partial charge in [0.15, 0.2) is 5.69 Å². The predicted molar refractivity (Wildman–Crippen MR) is 131 cm³/mol. The third-order valence-corrected chi connectivity index (χ3v) is 5.97. The quantitative estimate of drug-likeness (QED) is 0.345. The van der Waals surface area contributed by atoms with Crippen LogP contribution < -0.4 is 10.1 Å². The van der Waals surface area contributed by atoms with Crippen molar-refractivity contribution in [3.05, 3.63) is 59.9 Å². The number of nitrogens with zero attached hydrogens (tertiary/aromatic N) is 6. The zero-order valence-corrected chi connectivity index (χ0v) is 20.6. The van der Waals surface area contributed by atoms with Crippen LogP contribution in [0.15, 0.2) is 53.2 Å². The maximum atomic E-state index is 12.4. The van der Waals surface area contributed by atoms with Crippen LogP contribution in [0.3, 0.4) is 0 Å². The number of alkyl halides is 3. The summed E-state index contributed by atoms with van der Waals surface area (Å²) in [6.07, 6.45) is -2.99. The zero-order chi connectivity index (χ0) is 26.5. The van der Waals surface area contributed by atoms with Gasteiger partial charge in [-0.1, -0.05) is 5.16 Å². The highest BCUT2D eigenvalue weighted by molar-refractivity contribution is 5.59. The molecule has 1 fully saturated rings. The van der Waals surface area contributed by atoms with E-state index in [9.17, 15) is 13.2 Å². The molecule has 13 heteroatoms.